The minimum atomic E-state index is -2.09. The Morgan fingerprint density at radius 2 is 2.53 bits per heavy atom. The van der Waals surface area contributed by atoms with Gasteiger partial charge in [0.15, 0.2) is 0 Å². The van der Waals surface area contributed by atoms with E-state index in [9.17, 15) is 9.18 Å². The third-order valence-electron chi connectivity index (χ3n) is 2.58. The summed E-state index contributed by atoms with van der Waals surface area (Å²) >= 11 is 10.6. The minimum absolute atomic E-state index is 0.0217. The van der Waals surface area contributed by atoms with E-state index in [1.807, 2.05) is 0 Å². The maximum absolute atomic E-state index is 13.6. The van der Waals surface area contributed by atoms with Crippen LogP contribution in [0.5, 0.6) is 0 Å². The van der Waals surface area contributed by atoms with Crippen LogP contribution < -0.4 is 5.69 Å². The summed E-state index contributed by atoms with van der Waals surface area (Å²) in [5.74, 6) is -2.09. The Morgan fingerprint density at radius 3 is 3.12 bits per heavy atom. The van der Waals surface area contributed by atoms with Gasteiger partial charge in [-0.05, 0) is 6.42 Å². The first-order valence-corrected chi connectivity index (χ1v) is 5.72. The van der Waals surface area contributed by atoms with E-state index in [1.54, 1.807) is 0 Å². The summed E-state index contributed by atoms with van der Waals surface area (Å²) in [7, 11) is 0. The van der Waals surface area contributed by atoms with Gasteiger partial charge in [-0.1, -0.05) is 23.8 Å². The molecule has 8 heteroatoms. The molecule has 2 atom stereocenters. The molecule has 17 heavy (non-hydrogen) atoms. The van der Waals surface area contributed by atoms with Crippen molar-refractivity contribution in [1.29, 1.82) is 0 Å². The number of H-pyrrole nitrogens is 1. The first-order chi connectivity index (χ1) is 7.95. The highest BCUT2D eigenvalue weighted by Gasteiger charge is 2.41. The first-order valence-electron chi connectivity index (χ1n) is 4.94. The van der Waals surface area contributed by atoms with Crippen molar-refractivity contribution in [2.45, 2.75) is 24.9 Å². The van der Waals surface area contributed by atoms with Crippen LogP contribution in [-0.4, -0.2) is 27.1 Å². The van der Waals surface area contributed by atoms with Crippen LogP contribution in [0.4, 0.5) is 4.39 Å². The number of aromatic amines is 1. The van der Waals surface area contributed by atoms with Crippen LogP contribution in [0.1, 0.15) is 19.1 Å². The van der Waals surface area contributed by atoms with Gasteiger partial charge in [0.2, 0.25) is 5.85 Å². The van der Waals surface area contributed by atoms with Crippen molar-refractivity contribution in [2.75, 3.05) is 6.61 Å². The van der Waals surface area contributed by atoms with Crippen molar-refractivity contribution in [3.8, 4) is 0 Å². The number of aliphatic hydroxyl groups excluding tert-OH is 1. The van der Waals surface area contributed by atoms with Gasteiger partial charge >= 0.3 is 5.69 Å². The average Bonchev–Trinajstić information content (AvgIpc) is 2.67. The number of aromatic nitrogens is 2. The molecule has 0 bridgehead atoms. The van der Waals surface area contributed by atoms with E-state index in [-0.39, 0.29) is 22.5 Å². The molecule has 1 aliphatic rings. The zero-order chi connectivity index (χ0) is 12.6. The SMILES string of the molecule is O=c1[nH]c(=S)c(Cl)cn1[C@H]1CC[C@@](F)(CO)O1. The lowest BCUT2D eigenvalue weighted by Crippen LogP contribution is -2.31. The molecule has 1 saturated heterocycles. The molecule has 0 spiro atoms. The molecule has 2 N–H and O–H groups in total. The highest BCUT2D eigenvalue weighted by Crippen LogP contribution is 2.36. The molecular formula is C9H10ClFN2O3S. The van der Waals surface area contributed by atoms with Crippen LogP contribution in [-0.2, 0) is 4.74 Å². The number of rotatable bonds is 2. The molecule has 0 radical (unpaired) electrons. The maximum atomic E-state index is 13.6. The van der Waals surface area contributed by atoms with E-state index >= 15 is 0 Å². The Hall–Kier alpha value is -0.760. The maximum Gasteiger partial charge on any atom is 0.328 e. The summed E-state index contributed by atoms with van der Waals surface area (Å²) in [6, 6.07) is 0. The molecule has 1 aliphatic heterocycles. The van der Waals surface area contributed by atoms with Gasteiger partial charge in [-0.2, -0.15) is 0 Å². The molecule has 1 fully saturated rings. The van der Waals surface area contributed by atoms with E-state index in [2.05, 4.69) is 4.98 Å². The fourth-order valence-corrected chi connectivity index (χ4v) is 1.98. The van der Waals surface area contributed by atoms with Gasteiger partial charge in [-0.25, -0.2) is 9.18 Å². The van der Waals surface area contributed by atoms with E-state index < -0.39 is 24.4 Å². The monoisotopic (exact) mass is 280 g/mol. The summed E-state index contributed by atoms with van der Waals surface area (Å²) in [6.45, 7) is -0.741. The van der Waals surface area contributed by atoms with Crippen molar-refractivity contribution in [2.24, 2.45) is 0 Å². The van der Waals surface area contributed by atoms with Gasteiger partial charge in [0, 0.05) is 12.6 Å². The second kappa shape index (κ2) is 4.49. The largest absolute Gasteiger partial charge is 0.390 e. The van der Waals surface area contributed by atoms with Crippen LogP contribution >= 0.6 is 23.8 Å². The van der Waals surface area contributed by atoms with Crippen LogP contribution in [0.3, 0.4) is 0 Å². The molecular weight excluding hydrogens is 271 g/mol. The molecule has 0 amide bonds. The van der Waals surface area contributed by atoms with Gasteiger partial charge in [-0.3, -0.25) is 9.55 Å². The van der Waals surface area contributed by atoms with Crippen LogP contribution in [0.15, 0.2) is 11.0 Å². The van der Waals surface area contributed by atoms with E-state index in [1.165, 1.54) is 6.20 Å². The van der Waals surface area contributed by atoms with Crippen LogP contribution in [0, 0.1) is 4.64 Å². The van der Waals surface area contributed by atoms with Crippen molar-refractivity contribution in [3.05, 3.63) is 26.3 Å². The molecule has 2 heterocycles. The number of alkyl halides is 1. The van der Waals surface area contributed by atoms with Crippen molar-refractivity contribution < 1.29 is 14.2 Å². The number of nitrogens with one attached hydrogen (secondary N) is 1. The summed E-state index contributed by atoms with van der Waals surface area (Å²) < 4.78 is 19.9. The molecule has 1 aromatic heterocycles. The zero-order valence-corrected chi connectivity index (χ0v) is 10.2. The van der Waals surface area contributed by atoms with E-state index in [0.29, 0.717) is 0 Å². The summed E-state index contributed by atoms with van der Waals surface area (Å²) in [5, 5.41) is 9.00. The van der Waals surface area contributed by atoms with Crippen LogP contribution in [0.25, 0.3) is 0 Å². The number of ether oxygens (including phenoxy) is 1. The van der Waals surface area contributed by atoms with Crippen molar-refractivity contribution in [3.63, 3.8) is 0 Å². The number of aliphatic hydroxyl groups is 1. The first kappa shape index (κ1) is 12.7. The molecule has 5 nitrogen and oxygen atoms in total. The molecule has 2 rings (SSSR count). The van der Waals surface area contributed by atoms with Crippen molar-refractivity contribution in [1.82, 2.24) is 9.55 Å². The van der Waals surface area contributed by atoms with Gasteiger partial charge in [0.1, 0.15) is 17.5 Å². The van der Waals surface area contributed by atoms with Crippen LogP contribution in [0.2, 0.25) is 5.02 Å². The zero-order valence-electron chi connectivity index (χ0n) is 8.65. The lowest BCUT2D eigenvalue weighted by molar-refractivity contribution is -0.177. The number of halogens is 2. The molecule has 0 saturated carbocycles. The average molecular weight is 281 g/mol. The van der Waals surface area contributed by atoms with Gasteiger partial charge in [0.25, 0.3) is 0 Å². The fraction of sp³-hybridized carbons (Fsp3) is 0.556. The van der Waals surface area contributed by atoms with Crippen molar-refractivity contribution >= 4 is 23.8 Å². The van der Waals surface area contributed by atoms with Gasteiger partial charge < -0.3 is 9.84 Å². The third-order valence-corrected chi connectivity index (χ3v) is 3.30. The molecule has 0 aliphatic carbocycles. The summed E-state index contributed by atoms with van der Waals surface area (Å²) in [5.41, 5.74) is -0.522. The second-order valence-corrected chi connectivity index (χ2v) is 4.61. The summed E-state index contributed by atoms with van der Waals surface area (Å²) in [6.07, 6.45) is 0.812. The molecule has 0 aromatic carbocycles. The van der Waals surface area contributed by atoms with E-state index in [4.69, 9.17) is 33.7 Å². The lowest BCUT2D eigenvalue weighted by atomic mass is 10.2. The number of hydrogen-bond acceptors (Lipinski definition) is 4. The highest BCUT2D eigenvalue weighted by molar-refractivity contribution is 7.71. The standard InChI is InChI=1S/C9H10ClFN2O3S/c10-5-3-13(8(15)12-7(5)17)6-1-2-9(11,4-14)16-6/h3,6,14H,1-2,4H2,(H,12,15,17)/t6-,9+/m1/s1. The molecule has 1 aromatic rings. The second-order valence-electron chi connectivity index (χ2n) is 3.80. The van der Waals surface area contributed by atoms with Gasteiger partial charge in [-0.15, -0.1) is 0 Å². The minimum Gasteiger partial charge on any atom is -0.390 e. The Labute approximate surface area is 106 Å². The predicted molar refractivity (Wildman–Crippen MR) is 61.2 cm³/mol. The highest BCUT2D eigenvalue weighted by atomic mass is 35.5. The Kier molecular flexibility index (Phi) is 3.35. The third kappa shape index (κ3) is 2.42. The van der Waals surface area contributed by atoms with Gasteiger partial charge in [0.05, 0.1) is 5.02 Å². The lowest BCUT2D eigenvalue weighted by Gasteiger charge is -2.19. The topological polar surface area (TPSA) is 67.2 Å². The Bertz CT molecular complexity index is 546. The summed E-state index contributed by atoms with van der Waals surface area (Å²) in [4.78, 5) is 14.0. The molecule has 0 unspecified atom stereocenters. The number of nitrogens with zero attached hydrogens (tertiary/aromatic N) is 1. The smallest absolute Gasteiger partial charge is 0.328 e. The normalized spacial score (nSPS) is 28.5. The fourth-order valence-electron chi connectivity index (χ4n) is 1.69. The quantitative estimate of drug-likeness (QED) is 0.806. The Morgan fingerprint density at radius 1 is 1.82 bits per heavy atom. The number of hydrogen-bond donors (Lipinski definition) is 2. The molecule has 94 valence electrons. The predicted octanol–water partition coefficient (Wildman–Crippen LogP) is 1.53. The Balaban J connectivity index is 2.34. The van der Waals surface area contributed by atoms with E-state index in [0.717, 1.165) is 4.57 Å².